The molecule has 0 saturated carbocycles. The quantitative estimate of drug-likeness (QED) is 0.713. The van der Waals surface area contributed by atoms with Crippen molar-refractivity contribution in [3.05, 3.63) is 0 Å². The van der Waals surface area contributed by atoms with Crippen LogP contribution in [0.2, 0.25) is 0 Å². The van der Waals surface area contributed by atoms with Crippen LogP contribution in [0.4, 0.5) is 0 Å². The topological polar surface area (TPSA) is 23.6 Å². The van der Waals surface area contributed by atoms with E-state index in [1.54, 1.807) is 6.92 Å². The molecule has 0 unspecified atom stereocenters. The fraction of sp³-hybridized carbons (Fsp3) is 0.875. The first-order chi connectivity index (χ1) is 5.74. The van der Waals surface area contributed by atoms with Crippen molar-refractivity contribution in [1.29, 1.82) is 0 Å². The van der Waals surface area contributed by atoms with Gasteiger partial charge in [-0.15, -0.1) is 17.0 Å². The standard InChI is InChI=1S/C8H15BrN2O.BrH/c1-8(12)11-6-4-10(3-2-9)5-7-11;/h2-7H2,1H3;1H. The minimum Gasteiger partial charge on any atom is -0.340 e. The minimum absolute atomic E-state index is 0. The third-order valence-corrected chi connectivity index (χ3v) is 2.57. The van der Waals surface area contributed by atoms with Gasteiger partial charge in [-0.25, -0.2) is 0 Å². The lowest BCUT2D eigenvalue weighted by molar-refractivity contribution is -0.130. The van der Waals surface area contributed by atoms with Gasteiger partial charge in [0.15, 0.2) is 0 Å². The lowest BCUT2D eigenvalue weighted by Gasteiger charge is -2.33. The smallest absolute Gasteiger partial charge is 0.219 e. The Morgan fingerprint density at radius 2 is 1.85 bits per heavy atom. The molecule has 1 amide bonds. The molecule has 1 aliphatic rings. The molecular weight excluding hydrogens is 300 g/mol. The Hall–Kier alpha value is 0.390. The van der Waals surface area contributed by atoms with Gasteiger partial charge in [0.05, 0.1) is 0 Å². The summed E-state index contributed by atoms with van der Waals surface area (Å²) in [5.41, 5.74) is 0. The monoisotopic (exact) mass is 314 g/mol. The number of hydrogen-bond donors (Lipinski definition) is 0. The summed E-state index contributed by atoms with van der Waals surface area (Å²) in [6, 6.07) is 0. The van der Waals surface area contributed by atoms with E-state index < -0.39 is 0 Å². The molecule has 0 bridgehead atoms. The molecule has 0 N–H and O–H groups in total. The molecule has 0 radical (unpaired) electrons. The third kappa shape index (κ3) is 4.42. The molecule has 1 rings (SSSR count). The van der Waals surface area contributed by atoms with E-state index in [9.17, 15) is 4.79 Å². The highest BCUT2D eigenvalue weighted by Crippen LogP contribution is 2.01. The first-order valence-electron chi connectivity index (χ1n) is 4.28. The van der Waals surface area contributed by atoms with Crippen molar-refractivity contribution in [1.82, 2.24) is 9.80 Å². The number of hydrogen-bond acceptors (Lipinski definition) is 2. The molecule has 3 nitrogen and oxygen atoms in total. The van der Waals surface area contributed by atoms with Gasteiger partial charge in [-0.3, -0.25) is 9.69 Å². The molecule has 0 atom stereocenters. The van der Waals surface area contributed by atoms with Crippen molar-refractivity contribution in [3.63, 3.8) is 0 Å². The Kier molecular flexibility index (Phi) is 6.99. The van der Waals surface area contributed by atoms with Crippen molar-refractivity contribution in [2.24, 2.45) is 0 Å². The molecule has 1 heterocycles. The maximum atomic E-state index is 11.0. The third-order valence-electron chi connectivity index (χ3n) is 2.22. The van der Waals surface area contributed by atoms with Crippen LogP contribution in [-0.2, 0) is 4.79 Å². The van der Waals surface area contributed by atoms with Gasteiger partial charge in [0.25, 0.3) is 0 Å². The van der Waals surface area contributed by atoms with E-state index in [2.05, 4.69) is 20.8 Å². The van der Waals surface area contributed by atoms with Gasteiger partial charge in [-0.1, -0.05) is 15.9 Å². The van der Waals surface area contributed by atoms with Crippen LogP contribution >= 0.6 is 32.9 Å². The zero-order valence-electron chi connectivity index (χ0n) is 7.83. The second-order valence-electron chi connectivity index (χ2n) is 3.04. The summed E-state index contributed by atoms with van der Waals surface area (Å²) < 4.78 is 0. The van der Waals surface area contributed by atoms with Crippen molar-refractivity contribution >= 4 is 38.8 Å². The summed E-state index contributed by atoms with van der Waals surface area (Å²) in [4.78, 5) is 15.2. The van der Waals surface area contributed by atoms with E-state index in [4.69, 9.17) is 0 Å². The van der Waals surface area contributed by atoms with Gasteiger partial charge in [-0.2, -0.15) is 0 Å². The van der Waals surface area contributed by atoms with Crippen LogP contribution < -0.4 is 0 Å². The maximum Gasteiger partial charge on any atom is 0.219 e. The van der Waals surface area contributed by atoms with E-state index >= 15 is 0 Å². The fourth-order valence-corrected chi connectivity index (χ4v) is 1.91. The van der Waals surface area contributed by atoms with E-state index in [1.807, 2.05) is 4.90 Å². The average molecular weight is 316 g/mol. The van der Waals surface area contributed by atoms with Crippen molar-refractivity contribution < 1.29 is 4.79 Å². The highest BCUT2D eigenvalue weighted by atomic mass is 79.9. The Balaban J connectivity index is 0.00000144. The number of piperazine rings is 1. The van der Waals surface area contributed by atoms with E-state index in [-0.39, 0.29) is 22.9 Å². The number of nitrogens with zero attached hydrogens (tertiary/aromatic N) is 2. The number of rotatable bonds is 2. The van der Waals surface area contributed by atoms with Crippen LogP contribution in [0.1, 0.15) is 6.92 Å². The molecular formula is C8H16Br2N2O. The zero-order chi connectivity index (χ0) is 8.97. The Bertz CT molecular complexity index is 158. The highest BCUT2D eigenvalue weighted by molar-refractivity contribution is 9.09. The zero-order valence-corrected chi connectivity index (χ0v) is 11.1. The van der Waals surface area contributed by atoms with Crippen molar-refractivity contribution in [3.8, 4) is 0 Å². The molecule has 0 aromatic heterocycles. The number of amides is 1. The molecule has 1 saturated heterocycles. The molecule has 1 aliphatic heterocycles. The molecule has 13 heavy (non-hydrogen) atoms. The van der Waals surface area contributed by atoms with Crippen LogP contribution in [0.25, 0.3) is 0 Å². The van der Waals surface area contributed by atoms with Gasteiger partial charge in [0, 0.05) is 45.0 Å². The van der Waals surface area contributed by atoms with Crippen molar-refractivity contribution in [2.75, 3.05) is 38.1 Å². The second-order valence-corrected chi connectivity index (χ2v) is 3.83. The van der Waals surface area contributed by atoms with E-state index in [1.165, 1.54) is 0 Å². The highest BCUT2D eigenvalue weighted by Gasteiger charge is 2.17. The van der Waals surface area contributed by atoms with Crippen LogP contribution in [0.5, 0.6) is 0 Å². The van der Waals surface area contributed by atoms with E-state index in [0.29, 0.717) is 0 Å². The molecule has 5 heteroatoms. The minimum atomic E-state index is 0. The molecule has 0 spiro atoms. The number of carbonyl (C=O) groups excluding carboxylic acids is 1. The Morgan fingerprint density at radius 1 is 1.31 bits per heavy atom. The van der Waals surface area contributed by atoms with Gasteiger partial charge in [0.1, 0.15) is 0 Å². The van der Waals surface area contributed by atoms with Crippen LogP contribution in [0.3, 0.4) is 0 Å². The summed E-state index contributed by atoms with van der Waals surface area (Å²) in [5.74, 6) is 0.202. The Labute approximate surface area is 98.3 Å². The normalized spacial score (nSPS) is 18.2. The lowest BCUT2D eigenvalue weighted by atomic mass is 10.3. The molecule has 0 aliphatic carbocycles. The summed E-state index contributed by atoms with van der Waals surface area (Å²) in [6.07, 6.45) is 0. The van der Waals surface area contributed by atoms with Crippen molar-refractivity contribution in [2.45, 2.75) is 6.92 Å². The summed E-state index contributed by atoms with van der Waals surface area (Å²) in [5, 5.41) is 1.02. The van der Waals surface area contributed by atoms with Crippen LogP contribution in [0.15, 0.2) is 0 Å². The van der Waals surface area contributed by atoms with Gasteiger partial charge >= 0.3 is 0 Å². The summed E-state index contributed by atoms with van der Waals surface area (Å²) in [7, 11) is 0. The molecule has 78 valence electrons. The number of carbonyl (C=O) groups is 1. The Morgan fingerprint density at radius 3 is 2.23 bits per heavy atom. The SMILES string of the molecule is Br.CC(=O)N1CCN(CCBr)CC1. The summed E-state index contributed by atoms with van der Waals surface area (Å²) in [6.45, 7) is 6.55. The fourth-order valence-electron chi connectivity index (χ4n) is 1.41. The summed E-state index contributed by atoms with van der Waals surface area (Å²) >= 11 is 3.41. The van der Waals surface area contributed by atoms with Crippen LogP contribution in [0, 0.1) is 0 Å². The van der Waals surface area contributed by atoms with Crippen LogP contribution in [-0.4, -0.2) is 53.8 Å². The second kappa shape index (κ2) is 6.79. The number of alkyl halides is 1. The molecule has 0 aromatic carbocycles. The average Bonchev–Trinajstić information content (AvgIpc) is 2.06. The predicted molar refractivity (Wildman–Crippen MR) is 62.8 cm³/mol. The predicted octanol–water partition coefficient (Wildman–Crippen LogP) is 1.12. The van der Waals surface area contributed by atoms with Gasteiger partial charge < -0.3 is 4.90 Å². The molecule has 1 fully saturated rings. The lowest BCUT2D eigenvalue weighted by Crippen LogP contribution is -2.48. The maximum absolute atomic E-state index is 11.0. The first-order valence-corrected chi connectivity index (χ1v) is 5.40. The first kappa shape index (κ1) is 13.4. The largest absolute Gasteiger partial charge is 0.340 e. The number of halogens is 2. The van der Waals surface area contributed by atoms with Gasteiger partial charge in [-0.05, 0) is 0 Å². The van der Waals surface area contributed by atoms with E-state index in [0.717, 1.165) is 38.1 Å². The molecule has 0 aromatic rings. The van der Waals surface area contributed by atoms with Gasteiger partial charge in [0.2, 0.25) is 5.91 Å².